The molecule has 1 heterocycles. The zero-order valence-electron chi connectivity index (χ0n) is 21.3. The van der Waals surface area contributed by atoms with Crippen LogP contribution in [0.3, 0.4) is 0 Å². The molecule has 0 radical (unpaired) electrons. The van der Waals surface area contributed by atoms with Crippen molar-refractivity contribution in [2.45, 2.75) is 59.3 Å². The zero-order valence-corrected chi connectivity index (χ0v) is 21.3. The second-order valence-electron chi connectivity index (χ2n) is 9.86. The monoisotopic (exact) mass is 465 g/mol. The number of nitrogens with zero attached hydrogens (tertiary/aromatic N) is 1. The Bertz CT molecular complexity index is 1310. The first kappa shape index (κ1) is 24.8. The zero-order chi connectivity index (χ0) is 25.1. The number of aromatic nitrogens is 1. The number of pyridine rings is 1. The molecule has 2 unspecified atom stereocenters. The van der Waals surface area contributed by atoms with Crippen molar-refractivity contribution in [1.82, 2.24) is 4.98 Å². The van der Waals surface area contributed by atoms with E-state index in [1.54, 1.807) is 0 Å². The summed E-state index contributed by atoms with van der Waals surface area (Å²) in [5.74, 6) is 0.644. The van der Waals surface area contributed by atoms with Crippen LogP contribution >= 0.6 is 0 Å². The SMILES string of the molecule is C=C(/C=C(/C(=O)C1CC1)c1ccccc1C(C)CC)c1cc(C(=O)C(C)CC)c2ccccc2n1. The predicted octanol–water partition coefficient (Wildman–Crippen LogP) is 8.05. The highest BCUT2D eigenvalue weighted by Crippen LogP contribution is 2.38. The topological polar surface area (TPSA) is 47.0 Å². The molecule has 2 aromatic carbocycles. The summed E-state index contributed by atoms with van der Waals surface area (Å²) in [6, 6.07) is 17.8. The Labute approximate surface area is 209 Å². The Balaban J connectivity index is 1.84. The van der Waals surface area contributed by atoms with Crippen molar-refractivity contribution < 1.29 is 9.59 Å². The van der Waals surface area contributed by atoms with Crippen molar-refractivity contribution in [3.05, 3.63) is 89.6 Å². The van der Waals surface area contributed by atoms with Crippen LogP contribution in [0.4, 0.5) is 0 Å². The molecule has 1 saturated carbocycles. The first-order valence-corrected chi connectivity index (χ1v) is 12.8. The second-order valence-corrected chi connectivity index (χ2v) is 9.86. The Hall–Kier alpha value is -3.33. The fourth-order valence-corrected chi connectivity index (χ4v) is 4.48. The summed E-state index contributed by atoms with van der Waals surface area (Å²) in [4.78, 5) is 31.5. The average Bonchev–Trinajstić information content (AvgIpc) is 3.75. The molecule has 0 amide bonds. The lowest BCUT2D eigenvalue weighted by Crippen LogP contribution is -2.12. The van der Waals surface area contributed by atoms with Gasteiger partial charge in [0.1, 0.15) is 0 Å². The number of ketones is 2. The Morgan fingerprint density at radius 3 is 2.37 bits per heavy atom. The van der Waals surface area contributed by atoms with Gasteiger partial charge in [0.2, 0.25) is 0 Å². The summed E-state index contributed by atoms with van der Waals surface area (Å²) < 4.78 is 0. The molecule has 0 aliphatic heterocycles. The molecule has 1 fully saturated rings. The van der Waals surface area contributed by atoms with Crippen molar-refractivity contribution in [3.8, 4) is 0 Å². The van der Waals surface area contributed by atoms with Crippen LogP contribution in [0.5, 0.6) is 0 Å². The number of hydrogen-bond donors (Lipinski definition) is 0. The fourth-order valence-electron chi connectivity index (χ4n) is 4.48. The quantitative estimate of drug-likeness (QED) is 0.173. The smallest absolute Gasteiger partial charge is 0.166 e. The molecule has 1 aliphatic rings. The lowest BCUT2D eigenvalue weighted by atomic mass is 9.86. The molecule has 4 rings (SSSR count). The largest absolute Gasteiger partial charge is 0.294 e. The molecule has 3 heteroatoms. The minimum Gasteiger partial charge on any atom is -0.294 e. The third kappa shape index (κ3) is 5.19. The van der Waals surface area contributed by atoms with Gasteiger partial charge in [-0.1, -0.05) is 76.7 Å². The van der Waals surface area contributed by atoms with Crippen LogP contribution in [0.15, 0.2) is 67.3 Å². The van der Waals surface area contributed by atoms with Crippen LogP contribution in [-0.2, 0) is 4.79 Å². The van der Waals surface area contributed by atoms with Gasteiger partial charge in [-0.2, -0.15) is 0 Å². The van der Waals surface area contributed by atoms with Gasteiger partial charge < -0.3 is 0 Å². The second kappa shape index (κ2) is 10.5. The van der Waals surface area contributed by atoms with Crippen molar-refractivity contribution in [2.75, 3.05) is 0 Å². The number of fused-ring (bicyclic) bond motifs is 1. The molecule has 0 spiro atoms. The number of Topliss-reactive ketones (excluding diaryl/α,β-unsaturated/α-hetero) is 2. The Kier molecular flexibility index (Phi) is 7.45. The van der Waals surface area contributed by atoms with Crippen LogP contribution in [-0.4, -0.2) is 16.6 Å². The van der Waals surface area contributed by atoms with Gasteiger partial charge in [-0.25, -0.2) is 4.98 Å². The molecule has 180 valence electrons. The number of benzene rings is 2. The van der Waals surface area contributed by atoms with Gasteiger partial charge in [-0.15, -0.1) is 0 Å². The normalized spacial score (nSPS) is 15.6. The Morgan fingerprint density at radius 1 is 1.00 bits per heavy atom. The first-order valence-electron chi connectivity index (χ1n) is 12.8. The van der Waals surface area contributed by atoms with Gasteiger partial charge in [0, 0.05) is 28.4 Å². The number of para-hydroxylation sites is 1. The molecule has 0 N–H and O–H groups in total. The minimum atomic E-state index is -0.0770. The van der Waals surface area contributed by atoms with Crippen LogP contribution in [0, 0.1) is 11.8 Å². The first-order chi connectivity index (χ1) is 16.8. The molecular weight excluding hydrogens is 430 g/mol. The summed E-state index contributed by atoms with van der Waals surface area (Å²) >= 11 is 0. The van der Waals surface area contributed by atoms with Gasteiger partial charge in [-0.05, 0) is 66.5 Å². The third-order valence-electron chi connectivity index (χ3n) is 7.30. The van der Waals surface area contributed by atoms with E-state index < -0.39 is 0 Å². The maximum Gasteiger partial charge on any atom is 0.166 e. The van der Waals surface area contributed by atoms with Gasteiger partial charge in [0.25, 0.3) is 0 Å². The number of hydrogen-bond acceptors (Lipinski definition) is 3. The van der Waals surface area contributed by atoms with E-state index in [1.165, 1.54) is 5.56 Å². The lowest BCUT2D eigenvalue weighted by Gasteiger charge is -2.18. The molecule has 1 aromatic heterocycles. The van der Waals surface area contributed by atoms with Crippen LogP contribution in [0.2, 0.25) is 0 Å². The molecule has 1 aliphatic carbocycles. The number of allylic oxidation sites excluding steroid dienone is 3. The maximum atomic E-state index is 13.5. The molecule has 3 aromatic rings. The van der Waals surface area contributed by atoms with E-state index in [0.29, 0.717) is 28.3 Å². The van der Waals surface area contributed by atoms with E-state index in [2.05, 4.69) is 26.5 Å². The molecule has 2 atom stereocenters. The number of rotatable bonds is 10. The molecule has 0 bridgehead atoms. The van der Waals surface area contributed by atoms with Gasteiger partial charge in [-0.3, -0.25) is 9.59 Å². The minimum absolute atomic E-state index is 0.0770. The lowest BCUT2D eigenvalue weighted by molar-refractivity contribution is -0.114. The van der Waals surface area contributed by atoms with E-state index in [0.717, 1.165) is 42.1 Å². The van der Waals surface area contributed by atoms with Crippen LogP contribution < -0.4 is 0 Å². The van der Waals surface area contributed by atoms with E-state index in [-0.39, 0.29) is 23.4 Å². The molecular formula is C32H35NO2. The van der Waals surface area contributed by atoms with Gasteiger partial charge in [0.15, 0.2) is 11.6 Å². The highest BCUT2D eigenvalue weighted by molar-refractivity contribution is 6.24. The average molecular weight is 466 g/mol. The maximum absolute atomic E-state index is 13.5. The highest BCUT2D eigenvalue weighted by atomic mass is 16.1. The molecule has 0 saturated heterocycles. The highest BCUT2D eigenvalue weighted by Gasteiger charge is 2.33. The predicted molar refractivity (Wildman–Crippen MR) is 145 cm³/mol. The summed E-state index contributed by atoms with van der Waals surface area (Å²) in [6.07, 6.45) is 5.55. The van der Waals surface area contributed by atoms with Crippen molar-refractivity contribution in [1.29, 1.82) is 0 Å². The number of carbonyl (C=O) groups is 2. The van der Waals surface area contributed by atoms with Crippen molar-refractivity contribution in [2.24, 2.45) is 11.8 Å². The summed E-state index contributed by atoms with van der Waals surface area (Å²) in [5.41, 5.74) is 5.59. The standard InChI is InChI=1S/C32H35NO2/c1-6-20(3)24-12-8-9-13-25(24)27(32(35)23-16-17-23)18-22(5)30-19-28(31(34)21(4)7-2)26-14-10-11-15-29(26)33-30/h8-15,18-21,23H,5-7,16-17H2,1-4H3/b27-18+. The van der Waals surface area contributed by atoms with E-state index in [4.69, 9.17) is 4.98 Å². The Morgan fingerprint density at radius 2 is 1.69 bits per heavy atom. The molecule has 35 heavy (non-hydrogen) atoms. The fraction of sp³-hybridized carbons (Fsp3) is 0.344. The summed E-state index contributed by atoms with van der Waals surface area (Å²) in [7, 11) is 0. The van der Waals surface area contributed by atoms with Gasteiger partial charge >= 0.3 is 0 Å². The summed E-state index contributed by atoms with van der Waals surface area (Å²) in [6.45, 7) is 12.7. The van der Waals surface area contributed by atoms with E-state index in [9.17, 15) is 9.59 Å². The van der Waals surface area contributed by atoms with Crippen molar-refractivity contribution in [3.63, 3.8) is 0 Å². The summed E-state index contributed by atoms with van der Waals surface area (Å²) in [5, 5.41) is 0.856. The molecule has 3 nitrogen and oxygen atoms in total. The van der Waals surface area contributed by atoms with Crippen LogP contribution in [0.25, 0.3) is 22.0 Å². The van der Waals surface area contributed by atoms with E-state index in [1.807, 2.05) is 68.5 Å². The number of carbonyl (C=O) groups excluding carboxylic acids is 2. The third-order valence-corrected chi connectivity index (χ3v) is 7.30. The van der Waals surface area contributed by atoms with E-state index >= 15 is 0 Å². The van der Waals surface area contributed by atoms with Crippen molar-refractivity contribution >= 4 is 33.6 Å². The van der Waals surface area contributed by atoms with Crippen LogP contribution in [0.1, 0.15) is 86.5 Å². The van der Waals surface area contributed by atoms with Gasteiger partial charge in [0.05, 0.1) is 11.2 Å².